The van der Waals surface area contributed by atoms with Gasteiger partial charge in [-0.25, -0.2) is 14.0 Å². The van der Waals surface area contributed by atoms with E-state index in [-0.39, 0.29) is 11.8 Å². The number of halogens is 1. The van der Waals surface area contributed by atoms with E-state index < -0.39 is 23.4 Å². The van der Waals surface area contributed by atoms with Gasteiger partial charge in [0, 0.05) is 18.8 Å². The van der Waals surface area contributed by atoms with Crippen molar-refractivity contribution in [3.8, 4) is 0 Å². The molecule has 7 heteroatoms. The molecule has 2 amide bonds. The average Bonchev–Trinajstić information content (AvgIpc) is 2.91. The van der Waals surface area contributed by atoms with E-state index in [2.05, 4.69) is 10.6 Å². The van der Waals surface area contributed by atoms with E-state index in [1.807, 2.05) is 0 Å². The molecule has 1 unspecified atom stereocenters. The molecule has 21 heavy (non-hydrogen) atoms. The summed E-state index contributed by atoms with van der Waals surface area (Å²) in [6, 6.07) is 2.96. The smallest absolute Gasteiger partial charge is 0.338 e. The molecule has 114 valence electrons. The van der Waals surface area contributed by atoms with Crippen LogP contribution in [0.2, 0.25) is 0 Å². The molecule has 2 rings (SSSR count). The van der Waals surface area contributed by atoms with E-state index >= 15 is 0 Å². The number of hydrogen-bond acceptors (Lipinski definition) is 3. The van der Waals surface area contributed by atoms with Gasteiger partial charge in [0.25, 0.3) is 0 Å². The SMILES string of the molecule is O=C(NCCC1CCCO1)Nc1ccc(C(=O)O)c(F)c1. The minimum Gasteiger partial charge on any atom is -0.478 e. The van der Waals surface area contributed by atoms with Crippen LogP contribution in [0, 0.1) is 5.82 Å². The Bertz CT molecular complexity index is 530. The standard InChI is InChI=1S/C14H17FN2O4/c15-12-8-9(3-4-11(12)13(18)19)17-14(20)16-6-5-10-2-1-7-21-10/h3-4,8,10H,1-2,5-7H2,(H,18,19)(H2,16,17,20). The molecule has 0 radical (unpaired) electrons. The molecule has 1 aromatic carbocycles. The summed E-state index contributed by atoms with van der Waals surface area (Å²) in [7, 11) is 0. The number of rotatable bonds is 5. The van der Waals surface area contributed by atoms with E-state index in [0.29, 0.717) is 6.54 Å². The van der Waals surface area contributed by atoms with E-state index in [4.69, 9.17) is 9.84 Å². The van der Waals surface area contributed by atoms with Crippen LogP contribution in [-0.2, 0) is 4.74 Å². The first-order valence-corrected chi connectivity index (χ1v) is 6.75. The van der Waals surface area contributed by atoms with Gasteiger partial charge in [0.1, 0.15) is 5.82 Å². The minimum atomic E-state index is -1.35. The van der Waals surface area contributed by atoms with Crippen LogP contribution in [0.3, 0.4) is 0 Å². The number of nitrogens with one attached hydrogen (secondary N) is 2. The van der Waals surface area contributed by atoms with E-state index in [1.165, 1.54) is 6.07 Å². The maximum atomic E-state index is 13.4. The quantitative estimate of drug-likeness (QED) is 0.777. The van der Waals surface area contributed by atoms with E-state index in [0.717, 1.165) is 38.0 Å². The Morgan fingerprint density at radius 2 is 2.24 bits per heavy atom. The van der Waals surface area contributed by atoms with Crippen LogP contribution in [0.5, 0.6) is 0 Å². The third kappa shape index (κ3) is 4.42. The Balaban J connectivity index is 1.79. The van der Waals surface area contributed by atoms with Gasteiger partial charge >= 0.3 is 12.0 Å². The van der Waals surface area contributed by atoms with Gasteiger partial charge in [0.15, 0.2) is 0 Å². The van der Waals surface area contributed by atoms with Crippen molar-refractivity contribution >= 4 is 17.7 Å². The van der Waals surface area contributed by atoms with Crippen molar-refractivity contribution in [2.24, 2.45) is 0 Å². The van der Waals surface area contributed by atoms with Crippen LogP contribution in [0.1, 0.15) is 29.6 Å². The van der Waals surface area contributed by atoms with Crippen molar-refractivity contribution in [2.75, 3.05) is 18.5 Å². The zero-order valence-electron chi connectivity index (χ0n) is 11.4. The topological polar surface area (TPSA) is 87.7 Å². The molecule has 1 saturated heterocycles. The lowest BCUT2D eigenvalue weighted by Crippen LogP contribution is -2.31. The first-order valence-electron chi connectivity index (χ1n) is 6.75. The van der Waals surface area contributed by atoms with Crippen LogP contribution < -0.4 is 10.6 Å². The first kappa shape index (κ1) is 15.2. The Labute approximate surface area is 121 Å². The van der Waals surface area contributed by atoms with Crippen LogP contribution in [0.25, 0.3) is 0 Å². The summed E-state index contributed by atoms with van der Waals surface area (Å²) in [4.78, 5) is 22.3. The molecule has 0 bridgehead atoms. The van der Waals surface area contributed by atoms with Gasteiger partial charge in [-0.1, -0.05) is 0 Å². The molecule has 0 aromatic heterocycles. The average molecular weight is 296 g/mol. The zero-order chi connectivity index (χ0) is 15.2. The Morgan fingerprint density at radius 3 is 2.86 bits per heavy atom. The molecule has 6 nitrogen and oxygen atoms in total. The molecule has 1 atom stereocenters. The molecule has 1 aliphatic rings. The van der Waals surface area contributed by atoms with Crippen LogP contribution in [0.4, 0.5) is 14.9 Å². The molecule has 1 aliphatic heterocycles. The van der Waals surface area contributed by atoms with Gasteiger partial charge in [-0.05, 0) is 37.5 Å². The largest absolute Gasteiger partial charge is 0.478 e. The number of anilines is 1. The van der Waals surface area contributed by atoms with E-state index in [9.17, 15) is 14.0 Å². The van der Waals surface area contributed by atoms with Crippen LogP contribution in [-0.4, -0.2) is 36.4 Å². The number of carbonyl (C=O) groups excluding carboxylic acids is 1. The molecular weight excluding hydrogens is 279 g/mol. The van der Waals surface area contributed by atoms with Gasteiger partial charge in [-0.15, -0.1) is 0 Å². The van der Waals surface area contributed by atoms with Crippen molar-refractivity contribution in [1.29, 1.82) is 0 Å². The van der Waals surface area contributed by atoms with Crippen LogP contribution >= 0.6 is 0 Å². The highest BCUT2D eigenvalue weighted by molar-refractivity contribution is 5.91. The lowest BCUT2D eigenvalue weighted by atomic mass is 10.2. The molecule has 3 N–H and O–H groups in total. The van der Waals surface area contributed by atoms with Crippen LogP contribution in [0.15, 0.2) is 18.2 Å². The highest BCUT2D eigenvalue weighted by atomic mass is 19.1. The van der Waals surface area contributed by atoms with Crippen molar-refractivity contribution in [3.05, 3.63) is 29.6 Å². The maximum absolute atomic E-state index is 13.4. The van der Waals surface area contributed by atoms with Crippen molar-refractivity contribution < 1.29 is 23.8 Å². The molecular formula is C14H17FN2O4. The van der Waals surface area contributed by atoms with Gasteiger partial charge in [0.05, 0.1) is 11.7 Å². The van der Waals surface area contributed by atoms with Crippen molar-refractivity contribution in [3.63, 3.8) is 0 Å². The lowest BCUT2D eigenvalue weighted by Gasteiger charge is -2.11. The number of amides is 2. The second-order valence-electron chi connectivity index (χ2n) is 4.80. The first-order chi connectivity index (χ1) is 10.1. The summed E-state index contributed by atoms with van der Waals surface area (Å²) in [5.74, 6) is -2.24. The zero-order valence-corrected chi connectivity index (χ0v) is 11.4. The number of hydrogen-bond donors (Lipinski definition) is 3. The van der Waals surface area contributed by atoms with Gasteiger partial charge in [0.2, 0.25) is 0 Å². The number of carboxylic acid groups (broad SMARTS) is 1. The Hall–Kier alpha value is -2.15. The minimum absolute atomic E-state index is 0.192. The van der Waals surface area contributed by atoms with E-state index in [1.54, 1.807) is 0 Å². The predicted octanol–water partition coefficient (Wildman–Crippen LogP) is 2.21. The Morgan fingerprint density at radius 1 is 1.43 bits per heavy atom. The molecule has 1 fully saturated rings. The van der Waals surface area contributed by atoms with Gasteiger partial charge in [-0.2, -0.15) is 0 Å². The number of carbonyl (C=O) groups is 2. The normalized spacial score (nSPS) is 17.5. The predicted molar refractivity (Wildman–Crippen MR) is 74.0 cm³/mol. The fraction of sp³-hybridized carbons (Fsp3) is 0.429. The summed E-state index contributed by atoms with van der Waals surface area (Å²) >= 11 is 0. The third-order valence-electron chi connectivity index (χ3n) is 3.23. The number of carboxylic acids is 1. The van der Waals surface area contributed by atoms with Crippen molar-refractivity contribution in [2.45, 2.75) is 25.4 Å². The molecule has 0 aliphatic carbocycles. The molecule has 1 heterocycles. The summed E-state index contributed by atoms with van der Waals surface area (Å²) in [5, 5.41) is 13.8. The van der Waals surface area contributed by atoms with Gasteiger partial charge in [-0.3, -0.25) is 0 Å². The highest BCUT2D eigenvalue weighted by Gasteiger charge is 2.15. The molecule has 0 saturated carbocycles. The van der Waals surface area contributed by atoms with Gasteiger partial charge < -0.3 is 20.5 Å². The number of aromatic carboxylic acids is 1. The fourth-order valence-corrected chi connectivity index (χ4v) is 2.16. The Kier molecular flexibility index (Phi) is 5.10. The summed E-state index contributed by atoms with van der Waals surface area (Å²) in [6.07, 6.45) is 2.98. The molecule has 1 aromatic rings. The molecule has 0 spiro atoms. The maximum Gasteiger partial charge on any atom is 0.338 e. The number of benzene rings is 1. The number of urea groups is 1. The summed E-state index contributed by atoms with van der Waals surface area (Å²) in [5.41, 5.74) is -0.230. The second kappa shape index (κ2) is 7.03. The fourth-order valence-electron chi connectivity index (χ4n) is 2.16. The monoisotopic (exact) mass is 296 g/mol. The van der Waals surface area contributed by atoms with Crippen molar-refractivity contribution in [1.82, 2.24) is 5.32 Å². The highest BCUT2D eigenvalue weighted by Crippen LogP contribution is 2.15. The second-order valence-corrected chi connectivity index (χ2v) is 4.80. The third-order valence-corrected chi connectivity index (χ3v) is 3.23. The summed E-state index contributed by atoms with van der Waals surface area (Å²) in [6.45, 7) is 1.23. The summed E-state index contributed by atoms with van der Waals surface area (Å²) < 4.78 is 18.9. The number of ether oxygens (including phenoxy) is 1. The lowest BCUT2D eigenvalue weighted by molar-refractivity contribution is 0.0692.